The van der Waals surface area contributed by atoms with Gasteiger partial charge in [-0.15, -0.1) is 0 Å². The van der Waals surface area contributed by atoms with Crippen LogP contribution >= 0.6 is 11.6 Å². The summed E-state index contributed by atoms with van der Waals surface area (Å²) in [6, 6.07) is 14.6. The smallest absolute Gasteiger partial charge is 0.338 e. The zero-order chi connectivity index (χ0) is 21.8. The maximum absolute atomic E-state index is 12.8. The van der Waals surface area contributed by atoms with Crippen molar-refractivity contribution in [3.05, 3.63) is 94.9 Å². The molecule has 2 heterocycles. The lowest BCUT2D eigenvalue weighted by atomic mass is 9.96. The minimum atomic E-state index is -0.471. The first-order chi connectivity index (χ1) is 15.1. The predicted octanol–water partition coefficient (Wildman–Crippen LogP) is 4.53. The molecule has 1 N–H and O–H groups in total. The Hall–Kier alpha value is -3.58. The van der Waals surface area contributed by atoms with Crippen molar-refractivity contribution in [2.45, 2.75) is 19.6 Å². The van der Waals surface area contributed by atoms with Gasteiger partial charge in [-0.3, -0.25) is 0 Å². The molecule has 0 saturated carbocycles. The van der Waals surface area contributed by atoms with Crippen molar-refractivity contribution in [2.75, 3.05) is 11.9 Å². The standard InChI is InChI=1S/C23H21ClN4O3/c1-3-12-30-22(29)20-15(2)27-23-25-14-26-28(23)21(20)17-6-10-19(11-7-17)31-13-16-4-8-18(24)9-5-16/h3-11,14,21H,1,12-13H2,2H3,(H,25,26,27). The van der Waals surface area contributed by atoms with Gasteiger partial charge in [0.15, 0.2) is 0 Å². The van der Waals surface area contributed by atoms with Crippen LogP contribution in [0.5, 0.6) is 5.75 Å². The number of benzene rings is 2. The molecule has 0 aliphatic carbocycles. The van der Waals surface area contributed by atoms with Crippen molar-refractivity contribution in [1.82, 2.24) is 14.8 Å². The maximum atomic E-state index is 12.8. The van der Waals surface area contributed by atoms with Crippen LogP contribution in [0.1, 0.15) is 24.1 Å². The molecule has 158 valence electrons. The minimum Gasteiger partial charge on any atom is -0.489 e. The number of ether oxygens (including phenoxy) is 2. The lowest BCUT2D eigenvalue weighted by molar-refractivity contribution is -0.138. The summed E-state index contributed by atoms with van der Waals surface area (Å²) < 4.78 is 12.9. The number of hydrogen-bond acceptors (Lipinski definition) is 6. The molecule has 3 aromatic rings. The van der Waals surface area contributed by atoms with E-state index in [-0.39, 0.29) is 6.61 Å². The highest BCUT2D eigenvalue weighted by atomic mass is 35.5. The summed E-state index contributed by atoms with van der Waals surface area (Å²) in [7, 11) is 0. The van der Waals surface area contributed by atoms with Crippen LogP contribution in [-0.2, 0) is 16.1 Å². The van der Waals surface area contributed by atoms with E-state index in [2.05, 4.69) is 22.0 Å². The monoisotopic (exact) mass is 436 g/mol. The molecule has 0 spiro atoms. The number of aromatic nitrogens is 3. The van der Waals surface area contributed by atoms with Gasteiger partial charge in [-0.05, 0) is 42.3 Å². The molecule has 1 aromatic heterocycles. The van der Waals surface area contributed by atoms with Gasteiger partial charge in [0.2, 0.25) is 5.95 Å². The van der Waals surface area contributed by atoms with E-state index in [0.29, 0.717) is 34.6 Å². The van der Waals surface area contributed by atoms with Gasteiger partial charge in [-0.2, -0.15) is 10.1 Å². The fourth-order valence-electron chi connectivity index (χ4n) is 3.37. The van der Waals surface area contributed by atoms with Crippen LogP contribution in [0.4, 0.5) is 5.95 Å². The SMILES string of the molecule is C=CCOC(=O)C1=C(C)Nc2ncnn2C1c1ccc(OCc2ccc(Cl)cc2)cc1. The molecule has 0 saturated heterocycles. The topological polar surface area (TPSA) is 78.3 Å². The Morgan fingerprint density at radius 2 is 1.97 bits per heavy atom. The number of carbonyl (C=O) groups excluding carboxylic acids is 1. The Balaban J connectivity index is 1.58. The zero-order valence-electron chi connectivity index (χ0n) is 16.9. The van der Waals surface area contributed by atoms with E-state index in [0.717, 1.165) is 11.1 Å². The van der Waals surface area contributed by atoms with Crippen LogP contribution in [-0.4, -0.2) is 27.3 Å². The number of rotatable bonds is 7. The average Bonchev–Trinajstić information content (AvgIpc) is 3.24. The van der Waals surface area contributed by atoms with Crippen LogP contribution in [0, 0.1) is 0 Å². The Kier molecular flexibility index (Phi) is 6.04. The molecule has 7 nitrogen and oxygen atoms in total. The number of hydrogen-bond donors (Lipinski definition) is 1. The van der Waals surface area contributed by atoms with Crippen LogP contribution in [0.2, 0.25) is 5.02 Å². The van der Waals surface area contributed by atoms with Crippen molar-refractivity contribution in [2.24, 2.45) is 0 Å². The van der Waals surface area contributed by atoms with E-state index >= 15 is 0 Å². The van der Waals surface area contributed by atoms with Crippen molar-refractivity contribution in [3.8, 4) is 5.75 Å². The van der Waals surface area contributed by atoms with Crippen LogP contribution < -0.4 is 10.1 Å². The molecule has 1 atom stereocenters. The fraction of sp³-hybridized carbons (Fsp3) is 0.174. The fourth-order valence-corrected chi connectivity index (χ4v) is 3.50. The van der Waals surface area contributed by atoms with Crippen LogP contribution in [0.25, 0.3) is 0 Å². The summed E-state index contributed by atoms with van der Waals surface area (Å²) in [6.07, 6.45) is 2.98. The number of nitrogens with one attached hydrogen (secondary N) is 1. The Morgan fingerprint density at radius 3 is 2.68 bits per heavy atom. The summed E-state index contributed by atoms with van der Waals surface area (Å²) in [6.45, 7) is 5.97. The minimum absolute atomic E-state index is 0.129. The average molecular weight is 437 g/mol. The third-order valence-corrected chi connectivity index (χ3v) is 5.11. The molecule has 1 aliphatic heterocycles. The van der Waals surface area contributed by atoms with Crippen molar-refractivity contribution < 1.29 is 14.3 Å². The second kappa shape index (κ2) is 9.06. The Labute approximate surface area is 185 Å². The van der Waals surface area contributed by atoms with Crippen LogP contribution in [0.3, 0.4) is 0 Å². The number of carbonyl (C=O) groups is 1. The number of esters is 1. The Morgan fingerprint density at radius 1 is 1.23 bits per heavy atom. The first kappa shape index (κ1) is 20.7. The van der Waals surface area contributed by atoms with E-state index in [1.807, 2.05) is 55.5 Å². The molecule has 4 rings (SSSR count). The molecular weight excluding hydrogens is 416 g/mol. The van der Waals surface area contributed by atoms with Crippen molar-refractivity contribution >= 4 is 23.5 Å². The van der Waals surface area contributed by atoms with Gasteiger partial charge < -0.3 is 14.8 Å². The van der Waals surface area contributed by atoms with E-state index in [4.69, 9.17) is 21.1 Å². The van der Waals surface area contributed by atoms with Gasteiger partial charge in [-0.1, -0.05) is 48.5 Å². The molecule has 8 heteroatoms. The van der Waals surface area contributed by atoms with Gasteiger partial charge in [0.25, 0.3) is 0 Å². The zero-order valence-corrected chi connectivity index (χ0v) is 17.7. The van der Waals surface area contributed by atoms with Crippen molar-refractivity contribution in [1.29, 1.82) is 0 Å². The first-order valence-corrected chi connectivity index (χ1v) is 10.1. The molecule has 1 aliphatic rings. The largest absolute Gasteiger partial charge is 0.489 e. The lowest BCUT2D eigenvalue weighted by Crippen LogP contribution is -2.29. The quantitative estimate of drug-likeness (QED) is 0.433. The second-order valence-electron chi connectivity index (χ2n) is 6.97. The van der Waals surface area contributed by atoms with Gasteiger partial charge in [0, 0.05) is 10.7 Å². The summed E-state index contributed by atoms with van der Waals surface area (Å²) in [5.41, 5.74) is 3.01. The van der Waals surface area contributed by atoms with E-state index in [1.54, 1.807) is 4.68 Å². The normalized spacial score (nSPS) is 15.1. The molecule has 0 bridgehead atoms. The highest BCUT2D eigenvalue weighted by Crippen LogP contribution is 2.35. The lowest BCUT2D eigenvalue weighted by Gasteiger charge is -2.28. The summed E-state index contributed by atoms with van der Waals surface area (Å²) in [5.74, 6) is 0.841. The molecule has 31 heavy (non-hydrogen) atoms. The summed E-state index contributed by atoms with van der Waals surface area (Å²) in [5, 5.41) is 8.10. The van der Waals surface area contributed by atoms with E-state index in [1.165, 1.54) is 12.4 Å². The number of allylic oxidation sites excluding steroid dienone is 1. The number of nitrogens with zero attached hydrogens (tertiary/aromatic N) is 3. The highest BCUT2D eigenvalue weighted by molar-refractivity contribution is 6.30. The number of anilines is 1. The number of halogens is 1. The molecular formula is C23H21ClN4O3. The van der Waals surface area contributed by atoms with Crippen LogP contribution in [0.15, 0.2) is 78.8 Å². The third-order valence-electron chi connectivity index (χ3n) is 4.86. The molecule has 1 unspecified atom stereocenters. The van der Waals surface area contributed by atoms with Gasteiger partial charge >= 0.3 is 5.97 Å². The van der Waals surface area contributed by atoms with E-state index < -0.39 is 12.0 Å². The summed E-state index contributed by atoms with van der Waals surface area (Å²) in [4.78, 5) is 17.0. The van der Waals surface area contributed by atoms with Crippen molar-refractivity contribution in [3.63, 3.8) is 0 Å². The molecule has 0 amide bonds. The summed E-state index contributed by atoms with van der Waals surface area (Å²) >= 11 is 5.92. The third kappa shape index (κ3) is 4.46. The second-order valence-corrected chi connectivity index (χ2v) is 7.40. The molecule has 0 fully saturated rings. The first-order valence-electron chi connectivity index (χ1n) is 9.69. The van der Waals surface area contributed by atoms with Gasteiger partial charge in [0.05, 0.1) is 5.57 Å². The van der Waals surface area contributed by atoms with E-state index in [9.17, 15) is 4.79 Å². The highest BCUT2D eigenvalue weighted by Gasteiger charge is 2.34. The van der Waals surface area contributed by atoms with Gasteiger partial charge in [-0.25, -0.2) is 9.48 Å². The number of fused-ring (bicyclic) bond motifs is 1. The molecule has 2 aromatic carbocycles. The predicted molar refractivity (Wildman–Crippen MR) is 118 cm³/mol. The van der Waals surface area contributed by atoms with Gasteiger partial charge in [0.1, 0.15) is 31.3 Å². The Bertz CT molecular complexity index is 1120. The maximum Gasteiger partial charge on any atom is 0.338 e. The molecule has 0 radical (unpaired) electrons.